The zero-order valence-electron chi connectivity index (χ0n) is 64.2. The summed E-state index contributed by atoms with van der Waals surface area (Å²) in [5.41, 5.74) is 0. The van der Waals surface area contributed by atoms with Gasteiger partial charge < -0.3 is 59.3 Å². The van der Waals surface area contributed by atoms with Gasteiger partial charge in [0.05, 0.1) is 18.7 Å². The SMILES string of the molecule is C/C=C/C[C@@H](C)[C@@H](OC(C)=O)[C@H]1C(=O)N[C@@H](CC)C(=O)N(C)[C@H](C)C(=O)N(C)[C@@H]([C@H](C)COCC(=O)N2CCNCC2)C(=O)C[C@@H](C(C)C)C(=O)N(C)[C@@H](CC(C)C)C(=O)C[C@@H](C)C(=O)C[C@H](C)C(=O)N(C)[C@@H](CC(C)C)C(=O)N(C)[C@@H](CC(C)C)C(=O)N(C)[C@@H](C(C)C)C(=O)N1C. The lowest BCUT2D eigenvalue weighted by Crippen LogP contribution is -2.64. The first kappa shape index (κ1) is 87.5. The van der Waals surface area contributed by atoms with Gasteiger partial charge in [-0.2, -0.15) is 0 Å². The molecule has 2 N–H and O–H groups in total. The van der Waals surface area contributed by atoms with Crippen molar-refractivity contribution in [1.82, 2.24) is 49.8 Å². The Morgan fingerprint density at radius 2 is 1.01 bits per heavy atom. The molecule has 2 aliphatic heterocycles. The normalized spacial score (nSPS) is 27.0. The van der Waals surface area contributed by atoms with E-state index in [1.54, 1.807) is 80.2 Å². The van der Waals surface area contributed by atoms with Gasteiger partial charge in [0.25, 0.3) is 0 Å². The number of likely N-dealkylation sites (N-methyl/N-ethyl adjacent to an activating group) is 7. The standard InChI is InChI=1S/C73H126N10O15/c1-26-28-29-47(13)65(98-52(18)84)64-66(89)75-54(27-2)70(93)76(19)51(17)68(91)81(24)63(50(16)40-97-41-61(88)83-32-30-74-31-33-83)60(87)39-53(45(9)10)69(92)77(20)55(34-42(3)4)59(86)37-48(14)58(85)38-49(15)67(90)78(21)56(35-43(5)6)71(94)79(22)57(36-44(7)8)72(95)80(23)62(46(11)12)73(96)82(64)25/h26,28,42-51,53-57,62-65,74H,27,29-41H2,1-25H3,(H,75,89)/b28-26+/t47-,48-,49+,50-,51-,53+,54+,55+,56+,57+,62+,63+,64+,65-/m1/s1. The first-order valence-electron chi connectivity index (χ1n) is 35.6. The van der Waals surface area contributed by atoms with E-state index in [-0.39, 0.29) is 81.8 Å². The van der Waals surface area contributed by atoms with Crippen molar-refractivity contribution in [2.75, 3.05) is 88.7 Å². The van der Waals surface area contributed by atoms with Gasteiger partial charge in [-0.05, 0) is 81.5 Å². The first-order chi connectivity index (χ1) is 45.5. The average Bonchev–Trinajstić information content (AvgIpc) is 0.803. The highest BCUT2D eigenvalue weighted by Crippen LogP contribution is 2.30. The van der Waals surface area contributed by atoms with Crippen molar-refractivity contribution in [2.45, 2.75) is 230 Å². The fraction of sp³-hybridized carbons (Fsp3) is 0.795. The molecular weight excluding hydrogens is 1260 g/mol. The fourth-order valence-corrected chi connectivity index (χ4v) is 13.4. The summed E-state index contributed by atoms with van der Waals surface area (Å²) in [7, 11) is 10.0. The van der Waals surface area contributed by atoms with Gasteiger partial charge in [0.1, 0.15) is 54.7 Å². The Morgan fingerprint density at radius 1 is 0.531 bits per heavy atom. The zero-order chi connectivity index (χ0) is 75.2. The minimum absolute atomic E-state index is 0.0409. The van der Waals surface area contributed by atoms with Crippen molar-refractivity contribution in [1.29, 1.82) is 0 Å². The second kappa shape index (κ2) is 40.6. The number of Topliss-reactive ketones (excluding diaryl/α,β-unsaturated/α-hetero) is 3. The molecule has 14 atom stereocenters. The molecule has 0 unspecified atom stereocenters. The van der Waals surface area contributed by atoms with Crippen LogP contribution < -0.4 is 10.6 Å². The predicted octanol–water partition coefficient (Wildman–Crippen LogP) is 5.54. The highest BCUT2D eigenvalue weighted by Gasteiger charge is 2.48. The third kappa shape index (κ3) is 24.3. The molecule has 0 aromatic carbocycles. The summed E-state index contributed by atoms with van der Waals surface area (Å²) < 4.78 is 12.0. The average molecular weight is 1380 g/mol. The molecule has 558 valence electrons. The van der Waals surface area contributed by atoms with Gasteiger partial charge >= 0.3 is 5.97 Å². The Balaban J connectivity index is 3.11. The van der Waals surface area contributed by atoms with E-state index < -0.39 is 173 Å². The zero-order valence-corrected chi connectivity index (χ0v) is 64.2. The molecule has 9 amide bonds. The Hall–Kier alpha value is -6.63. The Morgan fingerprint density at radius 3 is 1.50 bits per heavy atom. The van der Waals surface area contributed by atoms with Gasteiger partial charge in [0.2, 0.25) is 53.2 Å². The molecule has 2 heterocycles. The summed E-state index contributed by atoms with van der Waals surface area (Å²) in [5, 5.41) is 6.03. The molecule has 2 rings (SSSR count). The maximum Gasteiger partial charge on any atom is 0.303 e. The summed E-state index contributed by atoms with van der Waals surface area (Å²) in [6.07, 6.45) is 2.05. The van der Waals surface area contributed by atoms with Gasteiger partial charge in [-0.25, -0.2) is 0 Å². The summed E-state index contributed by atoms with van der Waals surface area (Å²) >= 11 is 0. The lowest BCUT2D eigenvalue weighted by Gasteiger charge is -2.42. The van der Waals surface area contributed by atoms with E-state index in [4.69, 9.17) is 9.47 Å². The highest BCUT2D eigenvalue weighted by atomic mass is 16.5. The van der Waals surface area contributed by atoms with Crippen LogP contribution in [0.25, 0.3) is 0 Å². The van der Waals surface area contributed by atoms with Crippen LogP contribution in [0.1, 0.15) is 176 Å². The lowest BCUT2D eigenvalue weighted by atomic mass is 9.83. The smallest absolute Gasteiger partial charge is 0.303 e. The molecule has 25 nitrogen and oxygen atoms in total. The number of rotatable bonds is 19. The second-order valence-corrected chi connectivity index (χ2v) is 29.9. The minimum Gasteiger partial charge on any atom is -0.459 e. The molecule has 2 fully saturated rings. The monoisotopic (exact) mass is 1380 g/mol. The molecule has 0 aromatic rings. The number of nitrogens with zero attached hydrogens (tertiary/aromatic N) is 8. The summed E-state index contributed by atoms with van der Waals surface area (Å²) in [6, 6.07) is -10.3. The van der Waals surface area contributed by atoms with E-state index in [0.29, 0.717) is 26.2 Å². The largest absolute Gasteiger partial charge is 0.459 e. The molecule has 0 aliphatic carbocycles. The predicted molar refractivity (Wildman–Crippen MR) is 376 cm³/mol. The van der Waals surface area contributed by atoms with Crippen LogP contribution in [0.4, 0.5) is 0 Å². The summed E-state index contributed by atoms with van der Waals surface area (Å²) in [4.78, 5) is 202. The fourth-order valence-electron chi connectivity index (χ4n) is 13.4. The van der Waals surface area contributed by atoms with Crippen LogP contribution in [-0.4, -0.2) is 259 Å². The number of piperazine rings is 1. The van der Waals surface area contributed by atoms with Crippen molar-refractivity contribution in [2.24, 2.45) is 59.2 Å². The van der Waals surface area contributed by atoms with Gasteiger partial charge in [0, 0.05) is 125 Å². The third-order valence-corrected chi connectivity index (χ3v) is 19.6. The molecule has 0 spiro atoms. The molecule has 2 saturated heterocycles. The van der Waals surface area contributed by atoms with Crippen molar-refractivity contribution in [3.63, 3.8) is 0 Å². The van der Waals surface area contributed by atoms with Crippen LogP contribution in [0, 0.1) is 59.2 Å². The van der Waals surface area contributed by atoms with Gasteiger partial charge in [-0.15, -0.1) is 0 Å². The Labute approximate surface area is 586 Å². The number of allylic oxidation sites excluding steroid dienone is 2. The topological polar surface area (TPSA) is 290 Å². The van der Waals surface area contributed by atoms with Gasteiger partial charge in [0.15, 0.2) is 11.6 Å². The number of carbonyl (C=O) groups is 13. The quantitative estimate of drug-likeness (QED) is 0.119. The van der Waals surface area contributed by atoms with E-state index in [2.05, 4.69) is 10.6 Å². The van der Waals surface area contributed by atoms with Crippen molar-refractivity contribution < 1.29 is 71.8 Å². The maximum absolute atomic E-state index is 15.6. The molecule has 25 heteroatoms. The lowest BCUT2D eigenvalue weighted by molar-refractivity contribution is -0.164. The van der Waals surface area contributed by atoms with Crippen LogP contribution in [0.2, 0.25) is 0 Å². The number of carbonyl (C=O) groups excluding carboxylic acids is 13. The number of esters is 1. The van der Waals surface area contributed by atoms with E-state index in [1.165, 1.54) is 87.7 Å². The Kier molecular flexibility index (Phi) is 36.2. The van der Waals surface area contributed by atoms with Crippen LogP contribution >= 0.6 is 0 Å². The molecule has 0 radical (unpaired) electrons. The van der Waals surface area contributed by atoms with Crippen LogP contribution in [0.15, 0.2) is 12.2 Å². The van der Waals surface area contributed by atoms with Crippen molar-refractivity contribution in [3.8, 4) is 0 Å². The van der Waals surface area contributed by atoms with Gasteiger partial charge in [-0.3, -0.25) is 62.3 Å². The molecule has 0 bridgehead atoms. The molecule has 2 aliphatic rings. The Bertz CT molecular complexity index is 2770. The molecule has 0 saturated carbocycles. The third-order valence-electron chi connectivity index (χ3n) is 19.6. The number of hydrogen-bond acceptors (Lipinski definition) is 16. The molecule has 0 aromatic heterocycles. The van der Waals surface area contributed by atoms with Crippen LogP contribution in [0.5, 0.6) is 0 Å². The minimum atomic E-state index is -1.64. The first-order valence-corrected chi connectivity index (χ1v) is 35.6. The van der Waals surface area contributed by atoms with Crippen molar-refractivity contribution in [3.05, 3.63) is 12.2 Å². The molecule has 98 heavy (non-hydrogen) atoms. The number of hydrogen-bond donors (Lipinski definition) is 2. The van der Waals surface area contributed by atoms with Crippen LogP contribution in [0.3, 0.4) is 0 Å². The van der Waals surface area contributed by atoms with E-state index in [1.807, 2.05) is 47.6 Å². The second-order valence-electron chi connectivity index (χ2n) is 29.9. The van der Waals surface area contributed by atoms with E-state index >= 15 is 33.6 Å². The number of amides is 9. The summed E-state index contributed by atoms with van der Waals surface area (Å²) in [6.45, 7) is 32.7. The van der Waals surface area contributed by atoms with Gasteiger partial charge in [-0.1, -0.05) is 116 Å². The van der Waals surface area contributed by atoms with E-state index in [0.717, 1.165) is 9.80 Å². The number of nitrogens with one attached hydrogen (secondary N) is 2. The maximum atomic E-state index is 15.6. The van der Waals surface area contributed by atoms with Crippen LogP contribution in [-0.2, 0) is 71.8 Å². The molecular formula is C73H126N10O15. The van der Waals surface area contributed by atoms with Crippen molar-refractivity contribution >= 4 is 76.5 Å². The summed E-state index contributed by atoms with van der Waals surface area (Å²) in [5.74, 6) is -13.6. The highest BCUT2D eigenvalue weighted by molar-refractivity contribution is 6.00. The van der Waals surface area contributed by atoms with E-state index in [9.17, 15) is 28.8 Å². The number of ether oxygens (including phenoxy) is 2. The number of ketones is 3.